The summed E-state index contributed by atoms with van der Waals surface area (Å²) in [6.07, 6.45) is 8.83. The Morgan fingerprint density at radius 1 is 0.742 bits per heavy atom. The minimum Gasteiger partial charge on any atom is -0.488 e. The molecule has 4 aromatic rings. The van der Waals surface area contributed by atoms with Gasteiger partial charge in [0.25, 0.3) is 0 Å². The number of nitrogens with zero attached hydrogens (tertiary/aromatic N) is 2. The third-order valence-electron chi connectivity index (χ3n) is 5.11. The molecule has 0 spiro atoms. The number of carbonyl (C=O) groups is 1. The lowest BCUT2D eigenvalue weighted by atomic mass is 10.0. The van der Waals surface area contributed by atoms with E-state index in [-0.39, 0.29) is 5.78 Å². The molecule has 0 bridgehead atoms. The van der Waals surface area contributed by atoms with Crippen LogP contribution in [0.5, 0.6) is 5.75 Å². The Morgan fingerprint density at radius 2 is 1.52 bits per heavy atom. The number of pyridine rings is 2. The molecule has 0 amide bonds. The van der Waals surface area contributed by atoms with Crippen molar-refractivity contribution in [2.75, 3.05) is 0 Å². The van der Waals surface area contributed by atoms with E-state index in [2.05, 4.69) is 9.97 Å². The third-order valence-corrected chi connectivity index (χ3v) is 5.11. The molecule has 4 rings (SSSR count). The van der Waals surface area contributed by atoms with Gasteiger partial charge in [0.2, 0.25) is 0 Å². The molecule has 4 nitrogen and oxygen atoms in total. The van der Waals surface area contributed by atoms with Gasteiger partial charge >= 0.3 is 0 Å². The van der Waals surface area contributed by atoms with E-state index >= 15 is 0 Å². The van der Waals surface area contributed by atoms with E-state index in [0.29, 0.717) is 19.4 Å². The SMILES string of the molecule is O=C(CCc1cccnc1)Cc1ccc(COc2ccccc2-c2ccncc2)cc1. The summed E-state index contributed by atoms with van der Waals surface area (Å²) in [7, 11) is 0. The highest BCUT2D eigenvalue weighted by molar-refractivity contribution is 5.81. The van der Waals surface area contributed by atoms with Crippen molar-refractivity contribution >= 4 is 5.78 Å². The van der Waals surface area contributed by atoms with Crippen molar-refractivity contribution in [2.45, 2.75) is 25.9 Å². The maximum atomic E-state index is 12.3. The first-order valence-electron chi connectivity index (χ1n) is 10.4. The molecule has 0 atom stereocenters. The van der Waals surface area contributed by atoms with Crippen LogP contribution in [-0.4, -0.2) is 15.8 Å². The van der Waals surface area contributed by atoms with Crippen LogP contribution in [0.25, 0.3) is 11.1 Å². The average Bonchev–Trinajstić information content (AvgIpc) is 2.84. The van der Waals surface area contributed by atoms with Crippen molar-refractivity contribution in [1.29, 1.82) is 0 Å². The number of aromatic nitrogens is 2. The summed E-state index contributed by atoms with van der Waals surface area (Å²) in [6.45, 7) is 0.470. The molecule has 0 aliphatic rings. The fourth-order valence-corrected chi connectivity index (χ4v) is 3.42. The fraction of sp³-hybridized carbons (Fsp3) is 0.148. The second-order valence-electron chi connectivity index (χ2n) is 7.41. The van der Waals surface area contributed by atoms with Gasteiger partial charge in [0.1, 0.15) is 18.1 Å². The first-order valence-corrected chi connectivity index (χ1v) is 10.4. The van der Waals surface area contributed by atoms with Gasteiger partial charge in [-0.1, -0.05) is 48.5 Å². The number of ketones is 1. The highest BCUT2D eigenvalue weighted by Gasteiger charge is 2.07. The van der Waals surface area contributed by atoms with E-state index in [1.54, 1.807) is 18.6 Å². The van der Waals surface area contributed by atoms with Crippen LogP contribution in [0.2, 0.25) is 0 Å². The van der Waals surface area contributed by atoms with Gasteiger partial charge in [-0.25, -0.2) is 0 Å². The Bertz CT molecular complexity index is 1110. The van der Waals surface area contributed by atoms with Crippen molar-refractivity contribution in [2.24, 2.45) is 0 Å². The quantitative estimate of drug-likeness (QED) is 0.369. The van der Waals surface area contributed by atoms with Crippen molar-refractivity contribution in [3.63, 3.8) is 0 Å². The number of rotatable bonds is 9. The normalized spacial score (nSPS) is 10.6. The van der Waals surface area contributed by atoms with Gasteiger partial charge in [0.15, 0.2) is 0 Å². The van der Waals surface area contributed by atoms with Crippen molar-refractivity contribution in [1.82, 2.24) is 9.97 Å². The van der Waals surface area contributed by atoms with E-state index in [0.717, 1.165) is 40.0 Å². The molecule has 2 aromatic carbocycles. The molecule has 0 saturated heterocycles. The number of benzene rings is 2. The lowest BCUT2D eigenvalue weighted by molar-refractivity contribution is -0.118. The Hall–Kier alpha value is -3.79. The largest absolute Gasteiger partial charge is 0.488 e. The zero-order valence-corrected chi connectivity index (χ0v) is 17.3. The molecule has 0 fully saturated rings. The zero-order valence-electron chi connectivity index (χ0n) is 17.3. The van der Waals surface area contributed by atoms with Crippen molar-refractivity contribution < 1.29 is 9.53 Å². The van der Waals surface area contributed by atoms with Gasteiger partial charge in [0, 0.05) is 43.2 Å². The average molecular weight is 409 g/mol. The van der Waals surface area contributed by atoms with Crippen LogP contribution >= 0.6 is 0 Å². The molecule has 2 heterocycles. The molecule has 2 aromatic heterocycles. The molecule has 0 aliphatic heterocycles. The summed E-state index contributed by atoms with van der Waals surface area (Å²) < 4.78 is 6.09. The molecule has 0 aliphatic carbocycles. The number of ether oxygens (including phenoxy) is 1. The second-order valence-corrected chi connectivity index (χ2v) is 7.41. The minimum atomic E-state index is 0.235. The molecule has 154 valence electrons. The van der Waals surface area contributed by atoms with Crippen molar-refractivity contribution in [3.05, 3.63) is 114 Å². The number of hydrogen-bond donors (Lipinski definition) is 0. The molecular formula is C27H24N2O2. The third kappa shape index (κ3) is 5.86. The lowest BCUT2D eigenvalue weighted by Gasteiger charge is -2.12. The van der Waals surface area contributed by atoms with E-state index in [1.165, 1.54) is 0 Å². The summed E-state index contributed by atoms with van der Waals surface area (Å²) in [5, 5.41) is 0. The predicted octanol–water partition coefficient (Wildman–Crippen LogP) is 5.47. The number of Topliss-reactive ketones (excluding diaryl/α,β-unsaturated/α-hetero) is 1. The summed E-state index contributed by atoms with van der Waals surface area (Å²) in [5.41, 5.74) is 5.30. The Labute approximate surface area is 182 Å². The first kappa shape index (κ1) is 20.5. The molecule has 4 heteroatoms. The van der Waals surface area contributed by atoms with Crippen LogP contribution in [0.15, 0.2) is 97.6 Å². The molecule has 0 unspecified atom stereocenters. The second kappa shape index (κ2) is 10.3. The van der Waals surface area contributed by atoms with Gasteiger partial charge in [-0.15, -0.1) is 0 Å². The van der Waals surface area contributed by atoms with Gasteiger partial charge < -0.3 is 4.74 Å². The maximum absolute atomic E-state index is 12.3. The zero-order chi connectivity index (χ0) is 21.3. The highest BCUT2D eigenvalue weighted by Crippen LogP contribution is 2.29. The number of para-hydroxylation sites is 1. The Kier molecular flexibility index (Phi) is 6.81. The lowest BCUT2D eigenvalue weighted by Crippen LogP contribution is -2.05. The van der Waals surface area contributed by atoms with Crippen LogP contribution in [0.3, 0.4) is 0 Å². The van der Waals surface area contributed by atoms with E-state index in [9.17, 15) is 4.79 Å². The molecule has 0 saturated carbocycles. The number of aryl methyl sites for hydroxylation is 1. The minimum absolute atomic E-state index is 0.235. The van der Waals surface area contributed by atoms with Gasteiger partial charge in [-0.2, -0.15) is 0 Å². The van der Waals surface area contributed by atoms with Crippen LogP contribution in [0, 0.1) is 0 Å². The van der Waals surface area contributed by atoms with Gasteiger partial charge in [-0.3, -0.25) is 14.8 Å². The topological polar surface area (TPSA) is 52.1 Å². The predicted molar refractivity (Wildman–Crippen MR) is 122 cm³/mol. The first-order chi connectivity index (χ1) is 15.3. The molecule has 0 radical (unpaired) electrons. The van der Waals surface area contributed by atoms with Gasteiger partial charge in [-0.05, 0) is 52.9 Å². The number of hydrogen-bond acceptors (Lipinski definition) is 4. The van der Waals surface area contributed by atoms with Crippen LogP contribution in [0.1, 0.15) is 23.1 Å². The highest BCUT2D eigenvalue weighted by atomic mass is 16.5. The summed E-state index contributed by atoms with van der Waals surface area (Å²) >= 11 is 0. The Morgan fingerprint density at radius 3 is 2.29 bits per heavy atom. The maximum Gasteiger partial charge on any atom is 0.137 e. The number of carbonyl (C=O) groups excluding carboxylic acids is 1. The Balaban J connectivity index is 1.32. The van der Waals surface area contributed by atoms with Gasteiger partial charge in [0.05, 0.1) is 0 Å². The van der Waals surface area contributed by atoms with Crippen LogP contribution in [0.4, 0.5) is 0 Å². The van der Waals surface area contributed by atoms with Crippen molar-refractivity contribution in [3.8, 4) is 16.9 Å². The van der Waals surface area contributed by atoms with Crippen LogP contribution in [-0.2, 0) is 24.2 Å². The molecule has 31 heavy (non-hydrogen) atoms. The van der Waals surface area contributed by atoms with E-state index in [1.807, 2.05) is 79.0 Å². The smallest absolute Gasteiger partial charge is 0.137 e. The molecule has 0 N–H and O–H groups in total. The van der Waals surface area contributed by atoms with E-state index < -0.39 is 0 Å². The summed E-state index contributed by atoms with van der Waals surface area (Å²) in [4.78, 5) is 20.5. The van der Waals surface area contributed by atoms with E-state index in [4.69, 9.17) is 4.74 Å². The summed E-state index contributed by atoms with van der Waals surface area (Å²) in [5.74, 6) is 1.07. The standard InChI is InChI=1S/C27H24N2O2/c30-25(12-11-22-4-3-15-29-19-22)18-21-7-9-23(10-8-21)20-31-27-6-2-1-5-26(27)24-13-16-28-17-14-24/h1-10,13-17,19H,11-12,18,20H2. The summed E-state index contributed by atoms with van der Waals surface area (Å²) in [6, 6.07) is 23.9. The molecular weight excluding hydrogens is 384 g/mol. The monoisotopic (exact) mass is 408 g/mol. The fourth-order valence-electron chi connectivity index (χ4n) is 3.42. The van der Waals surface area contributed by atoms with Crippen LogP contribution < -0.4 is 4.74 Å².